The summed E-state index contributed by atoms with van der Waals surface area (Å²) in [5.74, 6) is -0.0376. The maximum absolute atomic E-state index is 14.4. The van der Waals surface area contributed by atoms with Gasteiger partial charge in [0.1, 0.15) is 11.5 Å². The molecule has 220 valence electrons. The van der Waals surface area contributed by atoms with Crippen molar-refractivity contribution in [2.75, 3.05) is 14.2 Å². The first-order valence-corrected chi connectivity index (χ1v) is 16.7. The molecule has 2 amide bonds. The number of thioether (sulfide) groups is 1. The highest BCUT2D eigenvalue weighted by molar-refractivity contribution is 8.84. The molecular weight excluding hydrogens is 645 g/mol. The molecule has 0 saturated carbocycles. The highest BCUT2D eigenvalue weighted by Crippen LogP contribution is 2.58. The van der Waals surface area contributed by atoms with Gasteiger partial charge in [-0.15, -0.1) is 0 Å². The number of methoxy groups -OCH3 is 1. The molecule has 9 nitrogen and oxygen atoms in total. The fraction of sp³-hybridized carbons (Fsp3) is 0.241. The Bertz CT molecular complexity index is 1560. The van der Waals surface area contributed by atoms with Crippen molar-refractivity contribution in [2.24, 2.45) is 5.92 Å². The Hall–Kier alpha value is -3.35. The number of aromatic nitrogens is 1. The molecule has 0 radical (unpaired) electrons. The van der Waals surface area contributed by atoms with E-state index in [1.54, 1.807) is 61.8 Å². The summed E-state index contributed by atoms with van der Waals surface area (Å²) in [4.78, 5) is 34.4. The molecule has 0 bridgehead atoms. The van der Waals surface area contributed by atoms with E-state index in [2.05, 4.69) is 11.1 Å². The van der Waals surface area contributed by atoms with Crippen LogP contribution in [0.5, 0.6) is 17.4 Å². The van der Waals surface area contributed by atoms with E-state index >= 15 is 0 Å². The molecule has 0 N–H and O–H groups in total. The lowest BCUT2D eigenvalue weighted by Gasteiger charge is -2.48. The van der Waals surface area contributed by atoms with E-state index in [-0.39, 0.29) is 21.1 Å². The van der Waals surface area contributed by atoms with Gasteiger partial charge in [-0.2, -0.15) is 5.26 Å². The minimum atomic E-state index is -1.45. The molecule has 43 heavy (non-hydrogen) atoms. The zero-order valence-corrected chi connectivity index (χ0v) is 26.9. The summed E-state index contributed by atoms with van der Waals surface area (Å²) in [6, 6.07) is 22.9. The number of fused-ring (bicyclic) bond motifs is 1. The standard InChI is InChI=1S/C29H24N4O5S5/c1-32-25(41-27(39)37-20-9-5-3-6-10-20)24(34)33-23(18-13-14-22(36-2)31-17-18)19(16-30)15-29(33,26(32)35)43-42-28(40)38-21-11-7-4-8-12-21/h3-14,17,19,23,25H,15H2,1-2H3/t19?,23-,25-,29?/m0/s1. The number of piperazine rings is 1. The Labute approximate surface area is 271 Å². The van der Waals surface area contributed by atoms with Crippen LogP contribution < -0.4 is 14.2 Å². The third-order valence-electron chi connectivity index (χ3n) is 6.82. The first-order valence-electron chi connectivity index (χ1n) is 12.8. The number of para-hydroxylation sites is 2. The number of pyridine rings is 1. The van der Waals surface area contributed by atoms with Crippen LogP contribution in [-0.2, 0) is 9.59 Å². The lowest BCUT2D eigenvalue weighted by molar-refractivity contribution is -0.158. The number of carbonyl (C=O) groups is 2. The molecule has 0 spiro atoms. The summed E-state index contributed by atoms with van der Waals surface area (Å²) < 4.78 is 17.0. The van der Waals surface area contributed by atoms with E-state index in [9.17, 15) is 14.9 Å². The van der Waals surface area contributed by atoms with Crippen molar-refractivity contribution in [3.8, 4) is 23.4 Å². The number of ether oxygens (including phenoxy) is 3. The SMILES string of the molecule is COc1ccc([C@H]2C(C#N)CC3(SSC(=S)Oc4ccccc4)C(=O)N(C)[C@@H](SC(=S)Oc4ccccc4)C(=O)N23)cn1. The number of amides is 2. The van der Waals surface area contributed by atoms with Crippen LogP contribution in [0.1, 0.15) is 18.0 Å². The fourth-order valence-electron chi connectivity index (χ4n) is 4.91. The van der Waals surface area contributed by atoms with Crippen molar-refractivity contribution in [1.29, 1.82) is 5.26 Å². The number of thiocarbonyl (C=S) groups is 2. The van der Waals surface area contributed by atoms with Gasteiger partial charge in [0.25, 0.3) is 11.8 Å². The molecule has 0 aliphatic carbocycles. The van der Waals surface area contributed by atoms with Crippen LogP contribution in [0.2, 0.25) is 0 Å². The van der Waals surface area contributed by atoms with Crippen LogP contribution in [-0.4, -0.2) is 59.8 Å². The van der Waals surface area contributed by atoms with Crippen molar-refractivity contribution in [3.05, 3.63) is 84.6 Å². The molecule has 4 atom stereocenters. The molecule has 2 fully saturated rings. The maximum Gasteiger partial charge on any atom is 0.261 e. The smallest absolute Gasteiger partial charge is 0.261 e. The van der Waals surface area contributed by atoms with Gasteiger partial charge in [0.05, 0.1) is 25.1 Å². The number of rotatable bonds is 7. The Morgan fingerprint density at radius 3 is 2.19 bits per heavy atom. The predicted octanol–water partition coefficient (Wildman–Crippen LogP) is 5.84. The van der Waals surface area contributed by atoms with Crippen molar-refractivity contribution >= 4 is 78.4 Å². The second-order valence-corrected chi connectivity index (χ2v) is 14.1. The van der Waals surface area contributed by atoms with E-state index in [4.69, 9.17) is 38.6 Å². The number of nitrogens with zero attached hydrogens (tertiary/aromatic N) is 4. The summed E-state index contributed by atoms with van der Waals surface area (Å²) in [5, 5.41) is 9.25. The monoisotopic (exact) mass is 668 g/mol. The highest BCUT2D eigenvalue weighted by atomic mass is 33.1. The third kappa shape index (κ3) is 6.46. The van der Waals surface area contributed by atoms with Gasteiger partial charge in [-0.1, -0.05) is 42.5 Å². The molecule has 3 heterocycles. The molecule has 14 heteroatoms. The van der Waals surface area contributed by atoms with Gasteiger partial charge >= 0.3 is 0 Å². The second-order valence-electron chi connectivity index (χ2n) is 9.39. The fourth-order valence-corrected chi connectivity index (χ4v) is 8.94. The molecule has 2 aliphatic rings. The van der Waals surface area contributed by atoms with Crippen LogP contribution in [0, 0.1) is 17.2 Å². The van der Waals surface area contributed by atoms with Crippen molar-refractivity contribution < 1.29 is 23.8 Å². The van der Waals surface area contributed by atoms with Crippen LogP contribution >= 0.6 is 57.8 Å². The van der Waals surface area contributed by atoms with Gasteiger partial charge in [0, 0.05) is 25.7 Å². The number of nitriles is 1. The molecule has 3 aromatic rings. The first kappa shape index (κ1) is 31.1. The predicted molar refractivity (Wildman–Crippen MR) is 175 cm³/mol. The number of carbonyl (C=O) groups excluding carboxylic acids is 2. The molecule has 2 unspecified atom stereocenters. The molecule has 1 aromatic heterocycles. The summed E-state index contributed by atoms with van der Waals surface area (Å²) in [7, 11) is 5.22. The van der Waals surface area contributed by atoms with Gasteiger partial charge in [-0.25, -0.2) is 4.98 Å². The molecule has 5 rings (SSSR count). The normalized spacial score (nSPS) is 22.9. The Morgan fingerprint density at radius 2 is 1.63 bits per heavy atom. The van der Waals surface area contributed by atoms with Gasteiger partial charge in [-0.3, -0.25) is 9.59 Å². The minimum absolute atomic E-state index is 0.0725. The zero-order valence-electron chi connectivity index (χ0n) is 22.8. The van der Waals surface area contributed by atoms with Crippen molar-refractivity contribution in [2.45, 2.75) is 22.7 Å². The third-order valence-corrected chi connectivity index (χ3v) is 11.5. The summed E-state index contributed by atoms with van der Waals surface area (Å²) >= 11 is 11.9. The molecule has 2 saturated heterocycles. The largest absolute Gasteiger partial charge is 0.481 e. The molecular formula is C29H24N4O5S5. The van der Waals surface area contributed by atoms with E-state index < -0.39 is 28.1 Å². The molecule has 2 aliphatic heterocycles. The minimum Gasteiger partial charge on any atom is -0.481 e. The first-order chi connectivity index (χ1) is 20.8. The van der Waals surface area contributed by atoms with Crippen LogP contribution in [0.15, 0.2) is 79.0 Å². The Balaban J connectivity index is 1.47. The topological polar surface area (TPSA) is 105 Å². The van der Waals surface area contributed by atoms with Crippen molar-refractivity contribution in [3.63, 3.8) is 0 Å². The number of hydrogen-bond donors (Lipinski definition) is 0. The lowest BCUT2D eigenvalue weighted by Crippen LogP contribution is -2.66. The van der Waals surface area contributed by atoms with E-state index in [1.807, 2.05) is 24.3 Å². The molecule has 2 aromatic carbocycles. The van der Waals surface area contributed by atoms with E-state index in [1.165, 1.54) is 16.9 Å². The van der Waals surface area contributed by atoms with E-state index in [0.29, 0.717) is 22.9 Å². The maximum atomic E-state index is 14.4. The summed E-state index contributed by atoms with van der Waals surface area (Å²) in [6.07, 6.45) is 1.63. The second kappa shape index (κ2) is 13.5. The Kier molecular flexibility index (Phi) is 9.78. The average molecular weight is 669 g/mol. The zero-order chi connectivity index (χ0) is 30.6. The summed E-state index contributed by atoms with van der Waals surface area (Å²) in [5.41, 5.74) is 0.598. The summed E-state index contributed by atoms with van der Waals surface area (Å²) in [6.45, 7) is 0. The quantitative estimate of drug-likeness (QED) is 0.223. The lowest BCUT2D eigenvalue weighted by atomic mass is 9.95. The van der Waals surface area contributed by atoms with Gasteiger partial charge in [-0.05, 0) is 87.6 Å². The number of likely N-dealkylation sites (N-methyl/N-ethyl adjacent to an activating group) is 1. The average Bonchev–Trinajstić information content (AvgIpc) is 3.38. The number of benzene rings is 2. The van der Waals surface area contributed by atoms with Gasteiger partial charge in [0.15, 0.2) is 10.2 Å². The van der Waals surface area contributed by atoms with Crippen molar-refractivity contribution in [1.82, 2.24) is 14.8 Å². The van der Waals surface area contributed by atoms with E-state index in [0.717, 1.165) is 33.3 Å². The van der Waals surface area contributed by atoms with Crippen LogP contribution in [0.4, 0.5) is 0 Å². The van der Waals surface area contributed by atoms with Gasteiger partial charge < -0.3 is 24.0 Å². The number of hydrogen-bond acceptors (Lipinski definition) is 12. The van der Waals surface area contributed by atoms with Crippen LogP contribution in [0.25, 0.3) is 0 Å². The van der Waals surface area contributed by atoms with Gasteiger partial charge in [0.2, 0.25) is 14.6 Å². The van der Waals surface area contributed by atoms with Crippen LogP contribution in [0.3, 0.4) is 0 Å². The highest BCUT2D eigenvalue weighted by Gasteiger charge is 2.65. The Morgan fingerprint density at radius 1 is 1.00 bits per heavy atom.